The van der Waals surface area contributed by atoms with Crippen LogP contribution >= 0.6 is 12.4 Å². The zero-order valence-electron chi connectivity index (χ0n) is 16.0. The van der Waals surface area contributed by atoms with Gasteiger partial charge in [0.15, 0.2) is 0 Å². The van der Waals surface area contributed by atoms with Crippen LogP contribution in [0.2, 0.25) is 0 Å². The molecule has 0 heterocycles. The Morgan fingerprint density at radius 3 is 1.92 bits per heavy atom. The summed E-state index contributed by atoms with van der Waals surface area (Å²) in [7, 11) is 7.60. The third-order valence-electron chi connectivity index (χ3n) is 3.26. The van der Waals surface area contributed by atoms with E-state index in [1.54, 1.807) is 18.2 Å². The van der Waals surface area contributed by atoms with Crippen LogP contribution < -0.4 is 10.6 Å². The molecule has 0 spiro atoms. The number of nitrogens with zero attached hydrogens (tertiary/aromatic N) is 2. The Kier molecular flexibility index (Phi) is 11.4. The summed E-state index contributed by atoms with van der Waals surface area (Å²) in [4.78, 5) is 27.4. The van der Waals surface area contributed by atoms with Crippen molar-refractivity contribution in [1.29, 1.82) is 0 Å². The number of benzene rings is 1. The number of anilines is 2. The van der Waals surface area contributed by atoms with E-state index in [4.69, 9.17) is 9.47 Å². The number of nitrogens with one attached hydrogen (secondary N) is 2. The average Bonchev–Trinajstić information content (AvgIpc) is 2.49. The molecule has 2 N–H and O–H groups in total. The topological polar surface area (TPSA) is 83.1 Å². The minimum atomic E-state index is -0.537. The van der Waals surface area contributed by atoms with Gasteiger partial charge in [0.1, 0.15) is 13.2 Å². The normalized spacial score (nSPS) is 10.3. The van der Waals surface area contributed by atoms with Crippen molar-refractivity contribution < 1.29 is 19.1 Å². The van der Waals surface area contributed by atoms with Gasteiger partial charge in [-0.25, -0.2) is 9.59 Å². The fourth-order valence-corrected chi connectivity index (χ4v) is 1.78. The van der Waals surface area contributed by atoms with E-state index in [1.807, 2.05) is 44.9 Å². The minimum Gasteiger partial charge on any atom is -0.448 e. The summed E-state index contributed by atoms with van der Waals surface area (Å²) in [6.07, 6.45) is -1.07. The molecule has 0 aliphatic heterocycles. The van der Waals surface area contributed by atoms with E-state index >= 15 is 0 Å². The summed E-state index contributed by atoms with van der Waals surface area (Å²) in [5.74, 6) is 0. The van der Waals surface area contributed by atoms with Gasteiger partial charge in [0, 0.05) is 24.5 Å². The van der Waals surface area contributed by atoms with Gasteiger partial charge in [-0.05, 0) is 52.8 Å². The SMILES string of the molecule is Cc1ccc(NC(=O)OCCN(C)C)cc1NC(=O)OCCN(C)C.Cl. The lowest BCUT2D eigenvalue weighted by Crippen LogP contribution is -2.23. The summed E-state index contributed by atoms with van der Waals surface area (Å²) < 4.78 is 10.2. The lowest BCUT2D eigenvalue weighted by atomic mass is 10.2. The lowest BCUT2D eigenvalue weighted by Gasteiger charge is -2.14. The molecule has 1 aromatic rings. The van der Waals surface area contributed by atoms with E-state index < -0.39 is 12.2 Å². The highest BCUT2D eigenvalue weighted by atomic mass is 35.5. The van der Waals surface area contributed by atoms with Crippen molar-refractivity contribution in [3.05, 3.63) is 23.8 Å². The second kappa shape index (κ2) is 12.3. The van der Waals surface area contributed by atoms with Gasteiger partial charge in [-0.1, -0.05) is 6.07 Å². The van der Waals surface area contributed by atoms with E-state index in [-0.39, 0.29) is 12.4 Å². The van der Waals surface area contributed by atoms with Gasteiger partial charge < -0.3 is 19.3 Å². The fourth-order valence-electron chi connectivity index (χ4n) is 1.78. The number of hydrogen-bond donors (Lipinski definition) is 2. The number of halogens is 1. The molecule has 1 aromatic carbocycles. The zero-order chi connectivity index (χ0) is 18.8. The van der Waals surface area contributed by atoms with Gasteiger partial charge in [0.05, 0.1) is 0 Å². The van der Waals surface area contributed by atoms with Crippen LogP contribution in [-0.4, -0.2) is 76.5 Å². The van der Waals surface area contributed by atoms with Gasteiger partial charge in [-0.3, -0.25) is 10.6 Å². The standard InChI is InChI=1S/C17H28N4O4.ClH/c1-13-6-7-14(18-16(22)24-10-8-20(2)3)12-15(13)19-17(23)25-11-9-21(4)5;/h6-7,12H,8-11H2,1-5H3,(H,18,22)(H,19,23);1H. The highest BCUT2D eigenvalue weighted by Gasteiger charge is 2.09. The number of likely N-dealkylation sites (N-methyl/N-ethyl adjacent to an activating group) is 2. The summed E-state index contributed by atoms with van der Waals surface area (Å²) >= 11 is 0. The van der Waals surface area contributed by atoms with E-state index in [0.717, 1.165) is 5.56 Å². The van der Waals surface area contributed by atoms with E-state index in [1.165, 1.54) is 0 Å². The monoisotopic (exact) mass is 388 g/mol. The van der Waals surface area contributed by atoms with Crippen LogP contribution in [0.25, 0.3) is 0 Å². The Bertz CT molecular complexity index is 582. The van der Waals surface area contributed by atoms with Crippen molar-refractivity contribution in [2.75, 3.05) is 65.1 Å². The zero-order valence-corrected chi connectivity index (χ0v) is 16.8. The molecular formula is C17H29ClN4O4. The predicted molar refractivity (Wildman–Crippen MR) is 105 cm³/mol. The van der Waals surface area contributed by atoms with E-state index in [0.29, 0.717) is 37.7 Å². The van der Waals surface area contributed by atoms with E-state index in [9.17, 15) is 9.59 Å². The molecule has 0 radical (unpaired) electrons. The maximum Gasteiger partial charge on any atom is 0.411 e. The largest absolute Gasteiger partial charge is 0.448 e. The first kappa shape index (κ1) is 24.0. The van der Waals surface area contributed by atoms with Crippen LogP contribution in [-0.2, 0) is 9.47 Å². The van der Waals surface area contributed by atoms with Crippen LogP contribution in [0.4, 0.5) is 21.0 Å². The number of amides is 2. The molecule has 0 fully saturated rings. The first-order valence-electron chi connectivity index (χ1n) is 8.05. The molecule has 0 atom stereocenters. The number of carbonyl (C=O) groups excluding carboxylic acids is 2. The summed E-state index contributed by atoms with van der Waals surface area (Å²) in [6, 6.07) is 5.20. The summed E-state index contributed by atoms with van der Waals surface area (Å²) in [5, 5.41) is 5.31. The summed E-state index contributed by atoms with van der Waals surface area (Å²) in [5.41, 5.74) is 1.96. The number of rotatable bonds is 8. The van der Waals surface area contributed by atoms with Crippen LogP contribution in [0.5, 0.6) is 0 Å². The molecule has 0 unspecified atom stereocenters. The number of carbonyl (C=O) groups is 2. The molecule has 0 aromatic heterocycles. The van der Waals surface area contributed by atoms with Gasteiger partial charge >= 0.3 is 12.2 Å². The van der Waals surface area contributed by atoms with Gasteiger partial charge in [0.2, 0.25) is 0 Å². The Morgan fingerprint density at radius 1 is 0.923 bits per heavy atom. The molecule has 148 valence electrons. The lowest BCUT2D eigenvalue weighted by molar-refractivity contribution is 0.150. The highest BCUT2D eigenvalue weighted by molar-refractivity contribution is 5.89. The van der Waals surface area contributed by atoms with Crippen LogP contribution in [0.3, 0.4) is 0 Å². The highest BCUT2D eigenvalue weighted by Crippen LogP contribution is 2.20. The number of aryl methyl sites for hydroxylation is 1. The van der Waals surface area contributed by atoms with Crippen molar-refractivity contribution >= 4 is 36.0 Å². The second-order valence-electron chi connectivity index (χ2n) is 6.16. The Hall–Kier alpha value is -2.03. The Balaban J connectivity index is 0.00000625. The second-order valence-corrected chi connectivity index (χ2v) is 6.16. The molecule has 0 aliphatic carbocycles. The van der Waals surface area contributed by atoms with Crippen LogP contribution in [0.15, 0.2) is 18.2 Å². The summed E-state index contributed by atoms with van der Waals surface area (Å²) in [6.45, 7) is 3.75. The van der Waals surface area contributed by atoms with Crippen molar-refractivity contribution in [1.82, 2.24) is 9.80 Å². The third-order valence-corrected chi connectivity index (χ3v) is 3.26. The smallest absolute Gasteiger partial charge is 0.411 e. The minimum absolute atomic E-state index is 0. The predicted octanol–water partition coefficient (Wildman–Crippen LogP) is 2.64. The molecule has 0 saturated carbocycles. The first-order chi connectivity index (χ1) is 11.8. The van der Waals surface area contributed by atoms with Gasteiger partial charge in [0.25, 0.3) is 0 Å². The molecule has 1 rings (SSSR count). The quantitative estimate of drug-likeness (QED) is 0.712. The van der Waals surface area contributed by atoms with Crippen LogP contribution in [0, 0.1) is 6.92 Å². The van der Waals surface area contributed by atoms with Crippen molar-refractivity contribution in [2.45, 2.75) is 6.92 Å². The molecular weight excluding hydrogens is 360 g/mol. The van der Waals surface area contributed by atoms with Crippen molar-refractivity contribution in [3.63, 3.8) is 0 Å². The molecule has 2 amide bonds. The number of ether oxygens (including phenoxy) is 2. The van der Waals surface area contributed by atoms with Gasteiger partial charge in [-0.2, -0.15) is 0 Å². The molecule has 26 heavy (non-hydrogen) atoms. The number of hydrogen-bond acceptors (Lipinski definition) is 6. The van der Waals surface area contributed by atoms with Gasteiger partial charge in [-0.15, -0.1) is 12.4 Å². The first-order valence-corrected chi connectivity index (χ1v) is 8.05. The Morgan fingerprint density at radius 2 is 1.42 bits per heavy atom. The fraction of sp³-hybridized carbons (Fsp3) is 0.529. The maximum atomic E-state index is 11.8. The van der Waals surface area contributed by atoms with E-state index in [2.05, 4.69) is 10.6 Å². The third kappa shape index (κ3) is 10.1. The maximum absolute atomic E-state index is 11.8. The average molecular weight is 389 g/mol. The molecule has 0 saturated heterocycles. The molecule has 0 bridgehead atoms. The Labute approximate surface area is 161 Å². The van der Waals surface area contributed by atoms with Crippen LogP contribution in [0.1, 0.15) is 5.56 Å². The van der Waals surface area contributed by atoms with Crippen molar-refractivity contribution in [3.8, 4) is 0 Å². The van der Waals surface area contributed by atoms with Crippen molar-refractivity contribution in [2.24, 2.45) is 0 Å². The molecule has 0 aliphatic rings. The molecule has 8 nitrogen and oxygen atoms in total. The molecule has 9 heteroatoms.